The highest BCUT2D eigenvalue weighted by molar-refractivity contribution is 5.96. The quantitative estimate of drug-likeness (QED) is 0.645. The fourth-order valence-corrected chi connectivity index (χ4v) is 1.50. The fraction of sp³-hybridized carbons (Fsp3) is 0.750. The van der Waals surface area contributed by atoms with Crippen LogP contribution in [0, 0.1) is 5.41 Å². The number of hydrogen-bond acceptors (Lipinski definition) is 4. The number of likely N-dealkylation sites (N-methyl/N-ethyl adjacent to an activating group) is 1. The molecule has 0 aliphatic heterocycles. The molecule has 0 aromatic carbocycles. The van der Waals surface area contributed by atoms with E-state index in [-0.39, 0.29) is 12.5 Å². The summed E-state index contributed by atoms with van der Waals surface area (Å²) in [5, 5.41) is 13.6. The van der Waals surface area contributed by atoms with Crippen LogP contribution < -0.4 is 10.6 Å². The van der Waals surface area contributed by atoms with Gasteiger partial charge >= 0.3 is 12.0 Å². The number of amides is 3. The fourth-order valence-electron chi connectivity index (χ4n) is 1.50. The molecule has 0 aliphatic rings. The molecule has 0 radical (unpaired) electrons. The van der Waals surface area contributed by atoms with Crippen LogP contribution in [0.25, 0.3) is 0 Å². The molecule has 3 amide bonds. The Balaban J connectivity index is 4.20. The van der Waals surface area contributed by atoms with Gasteiger partial charge in [0.05, 0.1) is 5.41 Å². The second-order valence-corrected chi connectivity index (χ2v) is 5.55. The molecule has 0 aromatic rings. The van der Waals surface area contributed by atoms with Gasteiger partial charge in [-0.3, -0.25) is 14.9 Å². The van der Waals surface area contributed by atoms with E-state index in [1.54, 1.807) is 0 Å². The van der Waals surface area contributed by atoms with E-state index in [1.807, 2.05) is 25.9 Å². The normalized spacial score (nSPS) is 12.9. The number of carbonyl (C=O) groups excluding carboxylic acids is 2. The first kappa shape index (κ1) is 17.4. The van der Waals surface area contributed by atoms with Crippen LogP contribution in [-0.4, -0.2) is 54.6 Å². The Morgan fingerprint density at radius 3 is 2.21 bits per heavy atom. The van der Waals surface area contributed by atoms with Crippen molar-refractivity contribution in [1.82, 2.24) is 15.5 Å². The number of rotatable bonds is 6. The van der Waals surface area contributed by atoms with Gasteiger partial charge < -0.3 is 15.3 Å². The predicted octanol–water partition coefficient (Wildman–Crippen LogP) is 0.263. The minimum Gasteiger partial charge on any atom is -0.481 e. The minimum absolute atomic E-state index is 0.115. The van der Waals surface area contributed by atoms with Crippen molar-refractivity contribution in [2.75, 3.05) is 20.6 Å². The molecule has 3 N–H and O–H groups in total. The van der Waals surface area contributed by atoms with Gasteiger partial charge in [-0.15, -0.1) is 0 Å². The number of urea groups is 1. The van der Waals surface area contributed by atoms with Gasteiger partial charge in [0.15, 0.2) is 0 Å². The number of aliphatic carboxylic acids is 1. The first-order chi connectivity index (χ1) is 8.54. The van der Waals surface area contributed by atoms with E-state index in [9.17, 15) is 14.4 Å². The van der Waals surface area contributed by atoms with Gasteiger partial charge in [0.1, 0.15) is 0 Å². The molecule has 7 heteroatoms. The highest BCUT2D eigenvalue weighted by atomic mass is 16.4. The summed E-state index contributed by atoms with van der Waals surface area (Å²) in [5.74, 6) is -1.69. The Morgan fingerprint density at radius 1 is 1.26 bits per heavy atom. The summed E-state index contributed by atoms with van der Waals surface area (Å²) in [6, 6.07) is -0.726. The maximum atomic E-state index is 11.5. The van der Waals surface area contributed by atoms with E-state index in [0.717, 1.165) is 0 Å². The summed E-state index contributed by atoms with van der Waals surface area (Å²) in [6.07, 6.45) is -0.252. The average molecular weight is 273 g/mol. The number of carbonyl (C=O) groups is 3. The molecule has 110 valence electrons. The lowest BCUT2D eigenvalue weighted by atomic mass is 9.89. The van der Waals surface area contributed by atoms with E-state index in [0.29, 0.717) is 6.54 Å². The van der Waals surface area contributed by atoms with Crippen molar-refractivity contribution >= 4 is 17.9 Å². The first-order valence-corrected chi connectivity index (χ1v) is 6.03. The summed E-state index contributed by atoms with van der Waals surface area (Å²) in [5.41, 5.74) is -1.19. The minimum atomic E-state index is -1.19. The van der Waals surface area contributed by atoms with Crippen molar-refractivity contribution in [3.63, 3.8) is 0 Å². The summed E-state index contributed by atoms with van der Waals surface area (Å²) in [4.78, 5) is 35.8. The van der Waals surface area contributed by atoms with Gasteiger partial charge in [0, 0.05) is 19.0 Å². The Bertz CT molecular complexity index is 353. The average Bonchev–Trinajstić information content (AvgIpc) is 2.12. The molecule has 0 aliphatic carbocycles. The zero-order valence-electron chi connectivity index (χ0n) is 12.1. The summed E-state index contributed by atoms with van der Waals surface area (Å²) in [7, 11) is 3.74. The Labute approximate surface area is 113 Å². The molecule has 7 nitrogen and oxygen atoms in total. The Hall–Kier alpha value is -1.63. The van der Waals surface area contributed by atoms with Gasteiger partial charge in [-0.25, -0.2) is 4.79 Å². The number of carboxylic acids is 1. The van der Waals surface area contributed by atoms with Crippen LogP contribution >= 0.6 is 0 Å². The Morgan fingerprint density at radius 2 is 1.79 bits per heavy atom. The zero-order valence-corrected chi connectivity index (χ0v) is 12.1. The highest BCUT2D eigenvalue weighted by Crippen LogP contribution is 2.19. The molecular formula is C12H23N3O4. The van der Waals surface area contributed by atoms with Crippen LogP contribution in [0.1, 0.15) is 27.2 Å². The van der Waals surface area contributed by atoms with Crippen LogP contribution in [0.3, 0.4) is 0 Å². The lowest BCUT2D eigenvalue weighted by molar-refractivity contribution is -0.149. The SMILES string of the molecule is CC(CN(C)C)NC(=O)NC(=O)CC(C)(C)C(=O)O. The third-order valence-electron chi connectivity index (χ3n) is 2.45. The molecule has 1 atom stereocenters. The maximum Gasteiger partial charge on any atom is 0.321 e. The lowest BCUT2D eigenvalue weighted by Gasteiger charge is -2.20. The molecule has 0 spiro atoms. The van der Waals surface area contributed by atoms with E-state index >= 15 is 0 Å². The van der Waals surface area contributed by atoms with E-state index in [4.69, 9.17) is 5.11 Å². The molecule has 0 saturated heterocycles. The lowest BCUT2D eigenvalue weighted by Crippen LogP contribution is -2.47. The first-order valence-electron chi connectivity index (χ1n) is 6.03. The van der Waals surface area contributed by atoms with Gasteiger partial charge in [0.25, 0.3) is 0 Å². The summed E-state index contributed by atoms with van der Waals surface area (Å²) >= 11 is 0. The predicted molar refractivity (Wildman–Crippen MR) is 70.7 cm³/mol. The Kier molecular flexibility index (Phi) is 6.47. The molecule has 1 unspecified atom stereocenters. The van der Waals surface area contributed by atoms with Crippen LogP contribution in [0.15, 0.2) is 0 Å². The van der Waals surface area contributed by atoms with E-state index < -0.39 is 23.3 Å². The molecule has 0 heterocycles. The molecule has 0 rings (SSSR count). The third-order valence-corrected chi connectivity index (χ3v) is 2.45. The zero-order chi connectivity index (χ0) is 15.2. The molecule has 19 heavy (non-hydrogen) atoms. The monoisotopic (exact) mass is 273 g/mol. The van der Waals surface area contributed by atoms with E-state index in [1.165, 1.54) is 13.8 Å². The smallest absolute Gasteiger partial charge is 0.321 e. The standard InChI is InChI=1S/C12H23N3O4/c1-8(7-15(4)5)13-11(19)14-9(16)6-12(2,3)10(17)18/h8H,6-7H2,1-5H3,(H,17,18)(H2,13,14,16,19). The molecule has 0 saturated carbocycles. The van der Waals surface area contributed by atoms with E-state index in [2.05, 4.69) is 10.6 Å². The van der Waals surface area contributed by atoms with Crippen molar-refractivity contribution in [3.8, 4) is 0 Å². The molecule has 0 bridgehead atoms. The van der Waals surface area contributed by atoms with Gasteiger partial charge in [-0.05, 0) is 34.9 Å². The molecule has 0 fully saturated rings. The number of nitrogens with zero attached hydrogens (tertiary/aromatic N) is 1. The number of nitrogens with one attached hydrogen (secondary N) is 2. The molecule has 0 aromatic heterocycles. The van der Waals surface area contributed by atoms with Crippen molar-refractivity contribution in [3.05, 3.63) is 0 Å². The van der Waals surface area contributed by atoms with Crippen molar-refractivity contribution in [1.29, 1.82) is 0 Å². The number of imide groups is 1. The summed E-state index contributed by atoms with van der Waals surface area (Å²) < 4.78 is 0. The van der Waals surface area contributed by atoms with Crippen molar-refractivity contribution in [2.24, 2.45) is 5.41 Å². The largest absolute Gasteiger partial charge is 0.481 e. The molecular weight excluding hydrogens is 250 g/mol. The van der Waals surface area contributed by atoms with Gasteiger partial charge in [-0.2, -0.15) is 0 Å². The van der Waals surface area contributed by atoms with Crippen molar-refractivity contribution in [2.45, 2.75) is 33.2 Å². The highest BCUT2D eigenvalue weighted by Gasteiger charge is 2.30. The number of hydrogen-bond donors (Lipinski definition) is 3. The van der Waals surface area contributed by atoms with Crippen LogP contribution in [-0.2, 0) is 9.59 Å². The topological polar surface area (TPSA) is 98.7 Å². The third kappa shape index (κ3) is 7.40. The van der Waals surface area contributed by atoms with Crippen LogP contribution in [0.5, 0.6) is 0 Å². The summed E-state index contributed by atoms with van der Waals surface area (Å²) in [6.45, 7) is 5.32. The number of carboxylic acid groups (broad SMARTS) is 1. The maximum absolute atomic E-state index is 11.5. The van der Waals surface area contributed by atoms with Crippen LogP contribution in [0.2, 0.25) is 0 Å². The van der Waals surface area contributed by atoms with Crippen LogP contribution in [0.4, 0.5) is 4.79 Å². The van der Waals surface area contributed by atoms with Gasteiger partial charge in [-0.1, -0.05) is 0 Å². The second-order valence-electron chi connectivity index (χ2n) is 5.55. The van der Waals surface area contributed by atoms with Crippen molar-refractivity contribution < 1.29 is 19.5 Å². The second kappa shape index (κ2) is 7.08. The van der Waals surface area contributed by atoms with Gasteiger partial charge in [0.2, 0.25) is 5.91 Å².